The summed E-state index contributed by atoms with van der Waals surface area (Å²) in [6, 6.07) is 16.6. The SMILES string of the molecule is CCOc1ccc(OCC(=O)N(CCC(=O)OC)C(C)c2ccccc2)cc1. The van der Waals surface area contributed by atoms with Crippen molar-refractivity contribution in [1.82, 2.24) is 4.90 Å². The predicted octanol–water partition coefficient (Wildman–Crippen LogP) is 3.62. The van der Waals surface area contributed by atoms with E-state index < -0.39 is 0 Å². The van der Waals surface area contributed by atoms with Gasteiger partial charge in [-0.1, -0.05) is 30.3 Å². The van der Waals surface area contributed by atoms with E-state index in [2.05, 4.69) is 0 Å². The number of rotatable bonds is 10. The maximum absolute atomic E-state index is 12.8. The molecule has 2 aromatic carbocycles. The third kappa shape index (κ3) is 6.30. The predicted molar refractivity (Wildman–Crippen MR) is 106 cm³/mol. The van der Waals surface area contributed by atoms with E-state index in [4.69, 9.17) is 14.2 Å². The van der Waals surface area contributed by atoms with Crippen LogP contribution >= 0.6 is 0 Å². The lowest BCUT2D eigenvalue weighted by atomic mass is 10.1. The van der Waals surface area contributed by atoms with Crippen molar-refractivity contribution in [3.63, 3.8) is 0 Å². The molecule has 1 atom stereocenters. The summed E-state index contributed by atoms with van der Waals surface area (Å²) in [4.78, 5) is 26.0. The summed E-state index contributed by atoms with van der Waals surface area (Å²) in [6.07, 6.45) is 0.127. The van der Waals surface area contributed by atoms with Crippen molar-refractivity contribution in [3.8, 4) is 11.5 Å². The van der Waals surface area contributed by atoms with Crippen LogP contribution in [0.2, 0.25) is 0 Å². The molecule has 0 heterocycles. The summed E-state index contributed by atoms with van der Waals surface area (Å²) >= 11 is 0. The third-order valence-corrected chi connectivity index (χ3v) is 4.35. The zero-order valence-corrected chi connectivity index (χ0v) is 16.6. The lowest BCUT2D eigenvalue weighted by Crippen LogP contribution is -2.38. The number of benzene rings is 2. The fourth-order valence-electron chi connectivity index (χ4n) is 2.79. The molecule has 1 unspecified atom stereocenters. The second-order valence-electron chi connectivity index (χ2n) is 6.19. The summed E-state index contributed by atoms with van der Waals surface area (Å²) in [5.74, 6) is 0.773. The van der Waals surface area contributed by atoms with Crippen molar-refractivity contribution in [2.45, 2.75) is 26.3 Å². The van der Waals surface area contributed by atoms with Gasteiger partial charge in [-0.15, -0.1) is 0 Å². The molecule has 0 bridgehead atoms. The van der Waals surface area contributed by atoms with Crippen LogP contribution in [0, 0.1) is 0 Å². The monoisotopic (exact) mass is 385 g/mol. The summed E-state index contributed by atoms with van der Waals surface area (Å²) in [6.45, 7) is 4.58. The first-order valence-corrected chi connectivity index (χ1v) is 9.32. The highest BCUT2D eigenvalue weighted by Crippen LogP contribution is 2.22. The van der Waals surface area contributed by atoms with Gasteiger partial charge in [-0.3, -0.25) is 9.59 Å². The van der Waals surface area contributed by atoms with Crippen molar-refractivity contribution in [2.24, 2.45) is 0 Å². The molecule has 0 spiro atoms. The first-order valence-electron chi connectivity index (χ1n) is 9.32. The molecule has 6 heteroatoms. The smallest absolute Gasteiger partial charge is 0.307 e. The van der Waals surface area contributed by atoms with E-state index in [9.17, 15) is 9.59 Å². The van der Waals surface area contributed by atoms with Crippen LogP contribution < -0.4 is 9.47 Å². The first kappa shape index (κ1) is 21.3. The van der Waals surface area contributed by atoms with Crippen molar-refractivity contribution in [2.75, 3.05) is 26.9 Å². The van der Waals surface area contributed by atoms with Gasteiger partial charge in [0.1, 0.15) is 11.5 Å². The molecular formula is C22H27NO5. The number of esters is 1. The van der Waals surface area contributed by atoms with E-state index in [0.717, 1.165) is 11.3 Å². The zero-order chi connectivity index (χ0) is 20.4. The number of hydrogen-bond donors (Lipinski definition) is 0. The molecule has 0 aromatic heterocycles. The maximum atomic E-state index is 12.8. The van der Waals surface area contributed by atoms with Gasteiger partial charge in [0.15, 0.2) is 6.61 Å². The lowest BCUT2D eigenvalue weighted by molar-refractivity contribution is -0.142. The first-order chi connectivity index (χ1) is 13.5. The van der Waals surface area contributed by atoms with Gasteiger partial charge in [0.25, 0.3) is 5.91 Å². The molecule has 0 saturated carbocycles. The molecule has 28 heavy (non-hydrogen) atoms. The summed E-state index contributed by atoms with van der Waals surface area (Å²) in [7, 11) is 1.34. The van der Waals surface area contributed by atoms with E-state index in [1.54, 1.807) is 29.2 Å². The molecule has 0 radical (unpaired) electrons. The Bertz CT molecular complexity index is 745. The van der Waals surface area contributed by atoms with Gasteiger partial charge >= 0.3 is 5.97 Å². The van der Waals surface area contributed by atoms with Gasteiger partial charge in [0.2, 0.25) is 0 Å². The topological polar surface area (TPSA) is 65.1 Å². The molecule has 0 aliphatic rings. The lowest BCUT2D eigenvalue weighted by Gasteiger charge is -2.29. The number of ether oxygens (including phenoxy) is 3. The highest BCUT2D eigenvalue weighted by Gasteiger charge is 2.23. The molecule has 0 saturated heterocycles. The molecule has 0 aliphatic carbocycles. The molecule has 150 valence electrons. The highest BCUT2D eigenvalue weighted by atomic mass is 16.5. The van der Waals surface area contributed by atoms with Gasteiger partial charge in [-0.2, -0.15) is 0 Å². The van der Waals surface area contributed by atoms with E-state index in [1.807, 2.05) is 44.2 Å². The Morgan fingerprint density at radius 1 is 0.964 bits per heavy atom. The summed E-state index contributed by atoms with van der Waals surface area (Å²) in [5.41, 5.74) is 0.988. The molecule has 1 amide bonds. The number of carbonyl (C=O) groups is 2. The maximum Gasteiger partial charge on any atom is 0.307 e. The number of amides is 1. The number of methoxy groups -OCH3 is 1. The summed E-state index contributed by atoms with van der Waals surface area (Å²) in [5, 5.41) is 0. The van der Waals surface area contributed by atoms with Gasteiger partial charge in [-0.25, -0.2) is 0 Å². The van der Waals surface area contributed by atoms with E-state index in [-0.39, 0.29) is 37.5 Å². The van der Waals surface area contributed by atoms with Crippen LogP contribution in [0.4, 0.5) is 0 Å². The van der Waals surface area contributed by atoms with Gasteiger partial charge in [0.05, 0.1) is 26.2 Å². The Morgan fingerprint density at radius 2 is 1.57 bits per heavy atom. The average molecular weight is 385 g/mol. The van der Waals surface area contributed by atoms with Gasteiger partial charge in [0, 0.05) is 6.54 Å². The summed E-state index contributed by atoms with van der Waals surface area (Å²) < 4.78 is 15.7. The number of carbonyl (C=O) groups excluding carboxylic acids is 2. The van der Waals surface area contributed by atoms with Crippen LogP contribution in [0.5, 0.6) is 11.5 Å². The second kappa shape index (κ2) is 11.0. The van der Waals surface area contributed by atoms with Crippen molar-refractivity contribution in [3.05, 3.63) is 60.2 Å². The number of nitrogens with zero attached hydrogens (tertiary/aromatic N) is 1. The average Bonchev–Trinajstić information content (AvgIpc) is 2.73. The second-order valence-corrected chi connectivity index (χ2v) is 6.19. The minimum Gasteiger partial charge on any atom is -0.494 e. The molecule has 6 nitrogen and oxygen atoms in total. The standard InChI is InChI=1S/C22H27NO5/c1-4-27-19-10-12-20(13-11-19)28-16-21(24)23(15-14-22(25)26-3)17(2)18-8-6-5-7-9-18/h5-13,17H,4,14-16H2,1-3H3. The van der Waals surface area contributed by atoms with Crippen LogP contribution in [-0.4, -0.2) is 43.6 Å². The van der Waals surface area contributed by atoms with Crippen LogP contribution in [0.15, 0.2) is 54.6 Å². The quantitative estimate of drug-likeness (QED) is 0.585. The van der Waals surface area contributed by atoms with E-state index in [1.165, 1.54) is 7.11 Å². The highest BCUT2D eigenvalue weighted by molar-refractivity contribution is 5.79. The van der Waals surface area contributed by atoms with E-state index >= 15 is 0 Å². The minimum absolute atomic E-state index is 0.119. The Balaban J connectivity index is 2.03. The fourth-order valence-corrected chi connectivity index (χ4v) is 2.79. The fraction of sp³-hybridized carbons (Fsp3) is 0.364. The van der Waals surface area contributed by atoms with Gasteiger partial charge < -0.3 is 19.1 Å². The van der Waals surface area contributed by atoms with Gasteiger partial charge in [-0.05, 0) is 43.7 Å². The third-order valence-electron chi connectivity index (χ3n) is 4.35. The van der Waals surface area contributed by atoms with Crippen LogP contribution in [0.3, 0.4) is 0 Å². The van der Waals surface area contributed by atoms with Crippen LogP contribution in [0.25, 0.3) is 0 Å². The number of hydrogen-bond acceptors (Lipinski definition) is 5. The molecule has 2 aromatic rings. The molecule has 2 rings (SSSR count). The minimum atomic E-state index is -0.356. The molecular weight excluding hydrogens is 358 g/mol. The molecule has 0 fully saturated rings. The molecule has 0 N–H and O–H groups in total. The van der Waals surface area contributed by atoms with E-state index in [0.29, 0.717) is 12.4 Å². The largest absolute Gasteiger partial charge is 0.494 e. The van der Waals surface area contributed by atoms with Crippen LogP contribution in [0.1, 0.15) is 31.9 Å². The van der Waals surface area contributed by atoms with Crippen LogP contribution in [-0.2, 0) is 14.3 Å². The molecule has 0 aliphatic heterocycles. The zero-order valence-electron chi connectivity index (χ0n) is 16.6. The Hall–Kier alpha value is -3.02. The Morgan fingerprint density at radius 3 is 2.14 bits per heavy atom. The Labute approximate surface area is 166 Å². The Kier molecular flexibility index (Phi) is 8.34. The van der Waals surface area contributed by atoms with Crippen molar-refractivity contribution in [1.29, 1.82) is 0 Å². The normalized spacial score (nSPS) is 11.4. The van der Waals surface area contributed by atoms with Crippen molar-refractivity contribution >= 4 is 11.9 Å². The van der Waals surface area contributed by atoms with Crippen molar-refractivity contribution < 1.29 is 23.8 Å².